The lowest BCUT2D eigenvalue weighted by molar-refractivity contribution is 0.0909. The van der Waals surface area contributed by atoms with Crippen LogP contribution in [0.25, 0.3) is 10.9 Å². The minimum atomic E-state index is 0.00919. The molecule has 1 fully saturated rings. The highest BCUT2D eigenvalue weighted by Gasteiger charge is 2.24. The zero-order chi connectivity index (χ0) is 21.1. The third-order valence-corrected chi connectivity index (χ3v) is 6.04. The second kappa shape index (κ2) is 8.88. The molecule has 1 saturated heterocycles. The van der Waals surface area contributed by atoms with Crippen molar-refractivity contribution in [2.24, 2.45) is 7.05 Å². The van der Waals surface area contributed by atoms with Crippen LogP contribution in [0.4, 0.5) is 0 Å². The number of benzene rings is 1. The number of ether oxygens (including phenoxy) is 1. The first kappa shape index (κ1) is 20.4. The topological polar surface area (TPSA) is 59.4 Å². The molecule has 158 valence electrons. The van der Waals surface area contributed by atoms with Crippen LogP contribution < -0.4 is 10.1 Å². The summed E-state index contributed by atoms with van der Waals surface area (Å²) in [5.74, 6) is 0.808. The van der Waals surface area contributed by atoms with Crippen molar-refractivity contribution in [3.63, 3.8) is 0 Å². The molecular weight excluding hydrogens is 376 g/mol. The summed E-state index contributed by atoms with van der Waals surface area (Å²) in [4.78, 5) is 20.0. The number of amides is 1. The maximum atomic E-state index is 13.2. The molecule has 0 spiro atoms. The van der Waals surface area contributed by atoms with Crippen molar-refractivity contribution in [2.45, 2.75) is 39.3 Å². The van der Waals surface area contributed by atoms with Gasteiger partial charge in [-0.2, -0.15) is 0 Å². The summed E-state index contributed by atoms with van der Waals surface area (Å²) in [5, 5.41) is 4.23. The van der Waals surface area contributed by atoms with Gasteiger partial charge in [-0.15, -0.1) is 0 Å². The van der Waals surface area contributed by atoms with E-state index in [0.717, 1.165) is 66.1 Å². The number of aromatic nitrogens is 2. The average Bonchev–Trinajstić information content (AvgIpc) is 3.00. The van der Waals surface area contributed by atoms with Crippen LogP contribution in [-0.4, -0.2) is 46.1 Å². The lowest BCUT2D eigenvalue weighted by Crippen LogP contribution is -2.44. The van der Waals surface area contributed by atoms with Gasteiger partial charge in [-0.05, 0) is 57.0 Å². The Labute approximate surface area is 177 Å². The number of likely N-dealkylation sites (tertiary alicyclic amines) is 1. The molecule has 6 heteroatoms. The summed E-state index contributed by atoms with van der Waals surface area (Å²) < 4.78 is 7.74. The van der Waals surface area contributed by atoms with E-state index >= 15 is 0 Å². The van der Waals surface area contributed by atoms with Gasteiger partial charge in [0.15, 0.2) is 0 Å². The van der Waals surface area contributed by atoms with Crippen LogP contribution >= 0.6 is 0 Å². The average molecular weight is 407 g/mol. The number of fused-ring (bicyclic) bond motifs is 1. The largest absolute Gasteiger partial charge is 0.494 e. The monoisotopic (exact) mass is 406 g/mol. The summed E-state index contributed by atoms with van der Waals surface area (Å²) in [6, 6.07) is 12.2. The summed E-state index contributed by atoms with van der Waals surface area (Å²) in [5.41, 5.74) is 3.87. The second-order valence-electron chi connectivity index (χ2n) is 7.98. The van der Waals surface area contributed by atoms with Crippen LogP contribution in [0.2, 0.25) is 0 Å². The predicted octanol–water partition coefficient (Wildman–Crippen LogP) is 3.67. The fourth-order valence-corrected chi connectivity index (χ4v) is 4.31. The van der Waals surface area contributed by atoms with Gasteiger partial charge in [-0.1, -0.05) is 6.07 Å². The van der Waals surface area contributed by atoms with Gasteiger partial charge in [0.25, 0.3) is 5.91 Å². The Morgan fingerprint density at radius 3 is 2.73 bits per heavy atom. The Kier molecular flexibility index (Phi) is 6.04. The molecule has 0 bridgehead atoms. The number of carbonyl (C=O) groups is 1. The van der Waals surface area contributed by atoms with Crippen molar-refractivity contribution < 1.29 is 9.53 Å². The molecule has 0 atom stereocenters. The number of hydrogen-bond donors (Lipinski definition) is 1. The molecular formula is C24H30N4O2. The SMILES string of the molecule is CCOc1ccc2c(c1)c(C(=O)NC1CCN(Cc3ccccn3)CC1)c(C)n2C. The van der Waals surface area contributed by atoms with Gasteiger partial charge in [0, 0.05) is 55.5 Å². The van der Waals surface area contributed by atoms with E-state index in [9.17, 15) is 4.79 Å². The zero-order valence-electron chi connectivity index (χ0n) is 18.0. The van der Waals surface area contributed by atoms with Gasteiger partial charge < -0.3 is 14.6 Å². The lowest BCUT2D eigenvalue weighted by Gasteiger charge is -2.32. The number of carbonyl (C=O) groups excluding carboxylic acids is 1. The summed E-state index contributed by atoms with van der Waals surface area (Å²) in [7, 11) is 2.00. The molecule has 2 aromatic heterocycles. The highest BCUT2D eigenvalue weighted by Crippen LogP contribution is 2.29. The number of nitrogens with zero attached hydrogens (tertiary/aromatic N) is 3. The Morgan fingerprint density at radius 1 is 1.23 bits per heavy atom. The highest BCUT2D eigenvalue weighted by atomic mass is 16.5. The van der Waals surface area contributed by atoms with Gasteiger partial charge in [-0.3, -0.25) is 14.7 Å². The Bertz CT molecular complexity index is 1020. The maximum absolute atomic E-state index is 13.2. The van der Waals surface area contributed by atoms with Gasteiger partial charge in [0.2, 0.25) is 0 Å². The molecule has 0 unspecified atom stereocenters. The van der Waals surface area contributed by atoms with E-state index in [2.05, 4.69) is 25.8 Å². The highest BCUT2D eigenvalue weighted by molar-refractivity contribution is 6.08. The molecule has 1 N–H and O–H groups in total. The van der Waals surface area contributed by atoms with E-state index in [1.165, 1.54) is 0 Å². The minimum absolute atomic E-state index is 0.00919. The van der Waals surface area contributed by atoms with Crippen LogP contribution in [0.15, 0.2) is 42.6 Å². The number of pyridine rings is 1. The second-order valence-corrected chi connectivity index (χ2v) is 7.98. The molecule has 30 heavy (non-hydrogen) atoms. The number of hydrogen-bond acceptors (Lipinski definition) is 4. The molecule has 0 radical (unpaired) electrons. The summed E-state index contributed by atoms with van der Waals surface area (Å²) in [6.45, 7) is 7.37. The number of piperidine rings is 1. The molecule has 6 nitrogen and oxygen atoms in total. The molecule has 1 amide bonds. The van der Waals surface area contributed by atoms with Crippen molar-refractivity contribution in [3.8, 4) is 5.75 Å². The number of rotatable bonds is 6. The van der Waals surface area contributed by atoms with Crippen molar-refractivity contribution in [2.75, 3.05) is 19.7 Å². The quantitative estimate of drug-likeness (QED) is 0.679. The molecule has 0 aliphatic carbocycles. The molecule has 3 heterocycles. The van der Waals surface area contributed by atoms with Gasteiger partial charge in [-0.25, -0.2) is 0 Å². The lowest BCUT2D eigenvalue weighted by atomic mass is 10.0. The first-order valence-corrected chi connectivity index (χ1v) is 10.7. The first-order valence-electron chi connectivity index (χ1n) is 10.7. The predicted molar refractivity (Wildman–Crippen MR) is 119 cm³/mol. The van der Waals surface area contributed by atoms with E-state index in [4.69, 9.17) is 4.74 Å². The normalized spacial score (nSPS) is 15.4. The standard InChI is InChI=1S/C24H30N4O2/c1-4-30-20-8-9-22-21(15-20)23(17(2)27(22)3)24(29)26-18-10-13-28(14-11-18)16-19-7-5-6-12-25-19/h5-9,12,15,18H,4,10-11,13-14,16H2,1-3H3,(H,26,29). The Hall–Kier alpha value is -2.86. The molecule has 1 aromatic carbocycles. The van der Waals surface area contributed by atoms with E-state index in [-0.39, 0.29) is 11.9 Å². The molecule has 1 aliphatic heterocycles. The third-order valence-electron chi connectivity index (χ3n) is 6.04. The molecule has 4 rings (SSSR count). The molecule has 1 aliphatic rings. The van der Waals surface area contributed by atoms with Gasteiger partial charge in [0.05, 0.1) is 17.9 Å². The van der Waals surface area contributed by atoms with Crippen molar-refractivity contribution in [1.82, 2.24) is 19.8 Å². The van der Waals surface area contributed by atoms with Crippen LogP contribution in [0, 0.1) is 6.92 Å². The molecule has 0 saturated carbocycles. The van der Waals surface area contributed by atoms with Crippen LogP contribution in [0.5, 0.6) is 5.75 Å². The fraction of sp³-hybridized carbons (Fsp3) is 0.417. The zero-order valence-corrected chi connectivity index (χ0v) is 18.0. The van der Waals surface area contributed by atoms with Crippen LogP contribution in [0.1, 0.15) is 41.5 Å². The van der Waals surface area contributed by atoms with E-state index < -0.39 is 0 Å². The number of aryl methyl sites for hydroxylation is 1. The fourth-order valence-electron chi connectivity index (χ4n) is 4.31. The van der Waals surface area contributed by atoms with Crippen LogP contribution in [0.3, 0.4) is 0 Å². The third kappa shape index (κ3) is 4.19. The maximum Gasteiger partial charge on any atom is 0.253 e. The van der Waals surface area contributed by atoms with Gasteiger partial charge >= 0.3 is 0 Å². The summed E-state index contributed by atoms with van der Waals surface area (Å²) >= 11 is 0. The summed E-state index contributed by atoms with van der Waals surface area (Å²) in [6.07, 6.45) is 3.74. The van der Waals surface area contributed by atoms with Gasteiger partial charge in [0.1, 0.15) is 5.75 Å². The van der Waals surface area contributed by atoms with Crippen LogP contribution in [-0.2, 0) is 13.6 Å². The van der Waals surface area contributed by atoms with E-state index in [1.807, 2.05) is 57.4 Å². The molecule has 3 aromatic rings. The van der Waals surface area contributed by atoms with Crippen molar-refractivity contribution in [1.29, 1.82) is 0 Å². The van der Waals surface area contributed by atoms with Crippen molar-refractivity contribution in [3.05, 3.63) is 59.5 Å². The van der Waals surface area contributed by atoms with E-state index in [1.54, 1.807) is 0 Å². The van der Waals surface area contributed by atoms with Crippen molar-refractivity contribution >= 4 is 16.8 Å². The minimum Gasteiger partial charge on any atom is -0.494 e. The Balaban J connectivity index is 1.44. The Morgan fingerprint density at radius 2 is 2.03 bits per heavy atom. The smallest absolute Gasteiger partial charge is 0.253 e. The number of nitrogens with one attached hydrogen (secondary N) is 1. The first-order chi connectivity index (χ1) is 14.6. The van der Waals surface area contributed by atoms with E-state index in [0.29, 0.717) is 6.61 Å².